The third kappa shape index (κ3) is 4.62. The number of nitrogens with one attached hydrogen (secondary N) is 1. The Bertz CT molecular complexity index is 281. The molecule has 0 amide bonds. The fourth-order valence-corrected chi connectivity index (χ4v) is 1.07. The summed E-state index contributed by atoms with van der Waals surface area (Å²) in [5.74, 6) is 0.580. The number of methoxy groups -OCH3 is 1. The third-order valence-corrected chi connectivity index (χ3v) is 1.76. The smallest absolute Gasteiger partial charge is 0.214 e. The summed E-state index contributed by atoms with van der Waals surface area (Å²) in [4.78, 5) is 3.99. The number of hydrogen-bond acceptors (Lipinski definition) is 5. The van der Waals surface area contributed by atoms with E-state index in [1.165, 1.54) is 0 Å². The molecule has 2 N–H and O–H groups in total. The van der Waals surface area contributed by atoms with Gasteiger partial charge in [0, 0.05) is 24.5 Å². The number of ether oxygens (including phenoxy) is 2. The molecule has 0 unspecified atom stereocenters. The van der Waals surface area contributed by atoms with Crippen LogP contribution in [0.5, 0.6) is 5.88 Å². The maximum Gasteiger partial charge on any atom is 0.214 e. The molecule has 0 saturated carbocycles. The van der Waals surface area contributed by atoms with E-state index in [1.54, 1.807) is 13.3 Å². The van der Waals surface area contributed by atoms with Gasteiger partial charge in [0.05, 0.1) is 26.9 Å². The van der Waals surface area contributed by atoms with Gasteiger partial charge in [-0.3, -0.25) is 0 Å². The Hall–Kier alpha value is -1.33. The normalized spacial score (nSPS) is 10.0. The Kier molecular flexibility index (Phi) is 5.50. The molecular formula is C10H16N2O3. The number of rotatable bonds is 7. The molecule has 0 aliphatic rings. The van der Waals surface area contributed by atoms with Crippen LogP contribution in [0, 0.1) is 0 Å². The minimum atomic E-state index is 0.0586. The zero-order chi connectivity index (χ0) is 10.9. The first kappa shape index (κ1) is 11.7. The molecule has 0 atom stereocenters. The monoisotopic (exact) mass is 212 g/mol. The van der Waals surface area contributed by atoms with Gasteiger partial charge < -0.3 is 19.9 Å². The average Bonchev–Trinajstić information content (AvgIpc) is 2.29. The van der Waals surface area contributed by atoms with Crippen LogP contribution >= 0.6 is 0 Å². The van der Waals surface area contributed by atoms with Crippen LogP contribution in [-0.4, -0.2) is 43.6 Å². The van der Waals surface area contributed by atoms with Crippen molar-refractivity contribution in [3.63, 3.8) is 0 Å². The fourth-order valence-electron chi connectivity index (χ4n) is 1.07. The Morgan fingerprint density at radius 2 is 2.33 bits per heavy atom. The maximum atomic E-state index is 8.48. The first-order valence-corrected chi connectivity index (χ1v) is 4.79. The number of aliphatic hydroxyl groups excluding tert-OH is 1. The van der Waals surface area contributed by atoms with Crippen LogP contribution in [0.2, 0.25) is 0 Å². The molecule has 0 aliphatic carbocycles. The van der Waals surface area contributed by atoms with Gasteiger partial charge in [-0.1, -0.05) is 0 Å². The van der Waals surface area contributed by atoms with Crippen molar-refractivity contribution < 1.29 is 14.6 Å². The van der Waals surface area contributed by atoms with E-state index >= 15 is 0 Å². The molecule has 0 aromatic carbocycles. The largest absolute Gasteiger partial charge is 0.481 e. The molecule has 1 aromatic heterocycles. The first-order valence-electron chi connectivity index (χ1n) is 4.79. The summed E-state index contributed by atoms with van der Waals surface area (Å²) in [6.45, 7) is 1.68. The predicted molar refractivity (Wildman–Crippen MR) is 57.2 cm³/mol. The Morgan fingerprint density at radius 3 is 3.07 bits per heavy atom. The van der Waals surface area contributed by atoms with Crippen LogP contribution in [0.25, 0.3) is 0 Å². The summed E-state index contributed by atoms with van der Waals surface area (Å²) in [6.07, 6.45) is 1.68. The molecular weight excluding hydrogens is 196 g/mol. The zero-order valence-corrected chi connectivity index (χ0v) is 8.77. The van der Waals surface area contributed by atoms with Crippen molar-refractivity contribution in [2.24, 2.45) is 0 Å². The molecule has 84 valence electrons. The number of nitrogens with zero attached hydrogens (tertiary/aromatic N) is 1. The summed E-state index contributed by atoms with van der Waals surface area (Å²) in [7, 11) is 1.58. The van der Waals surface area contributed by atoms with Gasteiger partial charge in [0.1, 0.15) is 0 Å². The van der Waals surface area contributed by atoms with Crippen molar-refractivity contribution in [3.05, 3.63) is 18.3 Å². The van der Waals surface area contributed by atoms with Crippen molar-refractivity contribution in [3.8, 4) is 5.88 Å². The summed E-state index contributed by atoms with van der Waals surface area (Å²) < 4.78 is 10.1. The van der Waals surface area contributed by atoms with E-state index in [9.17, 15) is 0 Å². The summed E-state index contributed by atoms with van der Waals surface area (Å²) in [6, 6.07) is 3.67. The minimum Gasteiger partial charge on any atom is -0.481 e. The number of aromatic nitrogens is 1. The Morgan fingerprint density at radius 1 is 1.47 bits per heavy atom. The summed E-state index contributed by atoms with van der Waals surface area (Å²) in [5.41, 5.74) is 0.939. The van der Waals surface area contributed by atoms with E-state index in [1.807, 2.05) is 12.1 Å². The van der Waals surface area contributed by atoms with Crippen LogP contribution < -0.4 is 10.1 Å². The standard InChI is InChI=1S/C10H16N2O3/c1-14-10-8-9(2-3-12-10)11-4-6-15-7-5-13/h2-3,8,13H,4-7H2,1H3,(H,11,12). The van der Waals surface area contributed by atoms with Crippen LogP contribution in [0.15, 0.2) is 18.3 Å². The summed E-state index contributed by atoms with van der Waals surface area (Å²) in [5, 5.41) is 11.6. The highest BCUT2D eigenvalue weighted by molar-refractivity contribution is 5.44. The van der Waals surface area contributed by atoms with Gasteiger partial charge in [-0.2, -0.15) is 0 Å². The highest BCUT2D eigenvalue weighted by Crippen LogP contribution is 2.12. The molecule has 5 heteroatoms. The van der Waals surface area contributed by atoms with Crippen molar-refractivity contribution in [2.75, 3.05) is 38.8 Å². The van der Waals surface area contributed by atoms with Crippen LogP contribution in [0.4, 0.5) is 5.69 Å². The fraction of sp³-hybridized carbons (Fsp3) is 0.500. The SMILES string of the molecule is COc1cc(NCCOCCO)ccn1. The van der Waals surface area contributed by atoms with Crippen molar-refractivity contribution in [1.82, 2.24) is 4.98 Å². The molecule has 5 nitrogen and oxygen atoms in total. The van der Waals surface area contributed by atoms with Crippen molar-refractivity contribution in [2.45, 2.75) is 0 Å². The third-order valence-electron chi connectivity index (χ3n) is 1.76. The van der Waals surface area contributed by atoms with E-state index in [4.69, 9.17) is 14.6 Å². The number of anilines is 1. The molecule has 1 aromatic rings. The second-order valence-corrected chi connectivity index (χ2v) is 2.85. The van der Waals surface area contributed by atoms with E-state index in [0.29, 0.717) is 25.6 Å². The van der Waals surface area contributed by atoms with Gasteiger partial charge in [-0.15, -0.1) is 0 Å². The van der Waals surface area contributed by atoms with Gasteiger partial charge in [0.2, 0.25) is 5.88 Å². The molecule has 1 heterocycles. The molecule has 0 bridgehead atoms. The quantitative estimate of drug-likeness (QED) is 0.645. The molecule has 15 heavy (non-hydrogen) atoms. The zero-order valence-electron chi connectivity index (χ0n) is 8.77. The predicted octanol–water partition coefficient (Wildman–Crippen LogP) is 0.511. The molecule has 0 radical (unpaired) electrons. The van der Waals surface area contributed by atoms with E-state index in [2.05, 4.69) is 10.3 Å². The topological polar surface area (TPSA) is 63.6 Å². The van der Waals surface area contributed by atoms with Crippen molar-refractivity contribution >= 4 is 5.69 Å². The average molecular weight is 212 g/mol. The van der Waals surface area contributed by atoms with Gasteiger partial charge in [-0.05, 0) is 6.07 Å². The van der Waals surface area contributed by atoms with E-state index in [-0.39, 0.29) is 6.61 Å². The number of pyridine rings is 1. The molecule has 0 fully saturated rings. The molecule has 1 rings (SSSR count). The molecule has 0 spiro atoms. The lowest BCUT2D eigenvalue weighted by Gasteiger charge is -2.07. The Labute approximate surface area is 89.0 Å². The van der Waals surface area contributed by atoms with Gasteiger partial charge in [0.25, 0.3) is 0 Å². The van der Waals surface area contributed by atoms with Crippen LogP contribution in [0.1, 0.15) is 0 Å². The lowest BCUT2D eigenvalue weighted by molar-refractivity contribution is 0.0992. The number of hydrogen-bond donors (Lipinski definition) is 2. The summed E-state index contributed by atoms with van der Waals surface area (Å²) >= 11 is 0. The van der Waals surface area contributed by atoms with Crippen LogP contribution in [0.3, 0.4) is 0 Å². The van der Waals surface area contributed by atoms with Gasteiger partial charge in [0.15, 0.2) is 0 Å². The second-order valence-electron chi connectivity index (χ2n) is 2.85. The number of aliphatic hydroxyl groups is 1. The second kappa shape index (κ2) is 7.03. The van der Waals surface area contributed by atoms with E-state index < -0.39 is 0 Å². The first-order chi connectivity index (χ1) is 7.36. The van der Waals surface area contributed by atoms with Gasteiger partial charge in [-0.25, -0.2) is 4.98 Å². The highest BCUT2D eigenvalue weighted by Gasteiger charge is 1.95. The molecule has 0 saturated heterocycles. The minimum absolute atomic E-state index is 0.0586. The van der Waals surface area contributed by atoms with Gasteiger partial charge >= 0.3 is 0 Å². The van der Waals surface area contributed by atoms with Crippen LogP contribution in [-0.2, 0) is 4.74 Å². The molecule has 0 aliphatic heterocycles. The highest BCUT2D eigenvalue weighted by atomic mass is 16.5. The maximum absolute atomic E-state index is 8.48. The lowest BCUT2D eigenvalue weighted by atomic mass is 10.4. The van der Waals surface area contributed by atoms with Crippen molar-refractivity contribution in [1.29, 1.82) is 0 Å². The van der Waals surface area contributed by atoms with E-state index in [0.717, 1.165) is 5.69 Å². The lowest BCUT2D eigenvalue weighted by Crippen LogP contribution is -2.11. The Balaban J connectivity index is 2.24.